The third-order valence-electron chi connectivity index (χ3n) is 4.29. The van der Waals surface area contributed by atoms with Crippen molar-refractivity contribution in [3.05, 3.63) is 59.2 Å². The Morgan fingerprint density at radius 3 is 2.13 bits per heavy atom. The second kappa shape index (κ2) is 8.02. The number of hydrogen-bond acceptors (Lipinski definition) is 3. The fourth-order valence-electron chi connectivity index (χ4n) is 2.80. The van der Waals surface area contributed by atoms with Crippen molar-refractivity contribution >= 4 is 5.69 Å². The molecule has 2 N–H and O–H groups in total. The molecule has 23 heavy (non-hydrogen) atoms. The fourth-order valence-corrected chi connectivity index (χ4v) is 2.80. The van der Waals surface area contributed by atoms with E-state index in [1.807, 2.05) is 14.1 Å². The summed E-state index contributed by atoms with van der Waals surface area (Å²) in [6.45, 7) is 5.49. The third kappa shape index (κ3) is 4.49. The number of aryl methyl sites for hydroxylation is 2. The summed E-state index contributed by atoms with van der Waals surface area (Å²) in [4.78, 5) is 2.10. The minimum atomic E-state index is 0.329. The largest absolute Gasteiger partial charge is 0.493 e. The molecule has 1 unspecified atom stereocenters. The Hall–Kier alpha value is -2.00. The standard InChI is InChI=1S/C20H28N2O/c1-15-6-5-7-16(2)20(15)23-13-12-18(14-21)17-8-10-19(11-9-17)22(3)4/h5-11,18H,12-14,21H2,1-4H3. The average molecular weight is 312 g/mol. The molecule has 0 heterocycles. The van der Waals surface area contributed by atoms with Gasteiger partial charge < -0.3 is 15.4 Å². The normalized spacial score (nSPS) is 12.0. The Kier molecular flexibility index (Phi) is 6.05. The molecule has 0 aliphatic heterocycles. The molecule has 0 bridgehead atoms. The van der Waals surface area contributed by atoms with E-state index in [1.165, 1.54) is 22.4 Å². The lowest BCUT2D eigenvalue weighted by molar-refractivity contribution is 0.294. The van der Waals surface area contributed by atoms with Crippen LogP contribution in [0, 0.1) is 13.8 Å². The summed E-state index contributed by atoms with van der Waals surface area (Å²) in [6, 6.07) is 14.9. The first-order valence-corrected chi connectivity index (χ1v) is 8.19. The number of hydrogen-bond donors (Lipinski definition) is 1. The first-order chi connectivity index (χ1) is 11.0. The van der Waals surface area contributed by atoms with E-state index in [-0.39, 0.29) is 0 Å². The van der Waals surface area contributed by atoms with Crippen LogP contribution in [0.15, 0.2) is 42.5 Å². The number of nitrogens with zero attached hydrogens (tertiary/aromatic N) is 1. The Balaban J connectivity index is 1.97. The van der Waals surface area contributed by atoms with Crippen molar-refractivity contribution < 1.29 is 4.74 Å². The van der Waals surface area contributed by atoms with Gasteiger partial charge in [0.05, 0.1) is 6.61 Å². The van der Waals surface area contributed by atoms with Crippen LogP contribution in [0.25, 0.3) is 0 Å². The van der Waals surface area contributed by atoms with Crippen molar-refractivity contribution in [3.8, 4) is 5.75 Å². The summed E-state index contributed by atoms with van der Waals surface area (Å²) in [5, 5.41) is 0. The van der Waals surface area contributed by atoms with Crippen molar-refractivity contribution in [1.29, 1.82) is 0 Å². The van der Waals surface area contributed by atoms with Gasteiger partial charge in [0.25, 0.3) is 0 Å². The van der Waals surface area contributed by atoms with Gasteiger partial charge in [0.2, 0.25) is 0 Å². The predicted molar refractivity (Wildman–Crippen MR) is 98.6 cm³/mol. The maximum absolute atomic E-state index is 6.02. The predicted octanol–water partition coefficient (Wildman–Crippen LogP) is 3.88. The zero-order valence-corrected chi connectivity index (χ0v) is 14.7. The molecular weight excluding hydrogens is 284 g/mol. The molecule has 0 saturated heterocycles. The highest BCUT2D eigenvalue weighted by molar-refractivity contribution is 5.46. The summed E-state index contributed by atoms with van der Waals surface area (Å²) in [5.41, 5.74) is 10.8. The van der Waals surface area contributed by atoms with Crippen LogP contribution in [-0.2, 0) is 0 Å². The number of anilines is 1. The maximum Gasteiger partial charge on any atom is 0.125 e. The summed E-state index contributed by atoms with van der Waals surface area (Å²) in [7, 11) is 4.10. The second-order valence-corrected chi connectivity index (χ2v) is 6.28. The SMILES string of the molecule is Cc1cccc(C)c1OCCC(CN)c1ccc(N(C)C)cc1. The van der Waals surface area contributed by atoms with E-state index in [9.17, 15) is 0 Å². The Morgan fingerprint density at radius 1 is 1.00 bits per heavy atom. The topological polar surface area (TPSA) is 38.5 Å². The van der Waals surface area contributed by atoms with Gasteiger partial charge in [0.15, 0.2) is 0 Å². The Bertz CT molecular complexity index is 600. The highest BCUT2D eigenvalue weighted by Crippen LogP contribution is 2.25. The number of para-hydroxylation sites is 1. The van der Waals surface area contributed by atoms with Crippen LogP contribution in [0.2, 0.25) is 0 Å². The van der Waals surface area contributed by atoms with E-state index in [0.29, 0.717) is 19.1 Å². The number of nitrogens with two attached hydrogens (primary N) is 1. The van der Waals surface area contributed by atoms with E-state index in [1.54, 1.807) is 0 Å². The molecule has 1 atom stereocenters. The molecule has 0 fully saturated rings. The molecule has 0 aliphatic carbocycles. The molecule has 0 aromatic heterocycles. The number of benzene rings is 2. The van der Waals surface area contributed by atoms with Crippen molar-refractivity contribution in [2.45, 2.75) is 26.2 Å². The smallest absolute Gasteiger partial charge is 0.125 e. The fraction of sp³-hybridized carbons (Fsp3) is 0.400. The molecule has 0 radical (unpaired) electrons. The maximum atomic E-state index is 6.02. The van der Waals surface area contributed by atoms with Gasteiger partial charge >= 0.3 is 0 Å². The number of ether oxygens (including phenoxy) is 1. The lowest BCUT2D eigenvalue weighted by Crippen LogP contribution is -2.16. The van der Waals surface area contributed by atoms with Gasteiger partial charge in [-0.05, 0) is 61.6 Å². The molecule has 0 aliphatic rings. The highest BCUT2D eigenvalue weighted by atomic mass is 16.5. The van der Waals surface area contributed by atoms with Gasteiger partial charge in [-0.15, -0.1) is 0 Å². The van der Waals surface area contributed by atoms with E-state index in [0.717, 1.165) is 12.2 Å². The van der Waals surface area contributed by atoms with Crippen molar-refractivity contribution in [3.63, 3.8) is 0 Å². The van der Waals surface area contributed by atoms with Crippen LogP contribution in [0.5, 0.6) is 5.75 Å². The molecule has 2 aromatic carbocycles. The van der Waals surface area contributed by atoms with Gasteiger partial charge in [0, 0.05) is 19.8 Å². The summed E-state index contributed by atoms with van der Waals surface area (Å²) >= 11 is 0. The molecule has 0 spiro atoms. The van der Waals surface area contributed by atoms with Crippen molar-refractivity contribution in [2.24, 2.45) is 5.73 Å². The lowest BCUT2D eigenvalue weighted by atomic mass is 9.96. The summed E-state index contributed by atoms with van der Waals surface area (Å²) in [6.07, 6.45) is 0.922. The molecular formula is C20H28N2O. The van der Waals surface area contributed by atoms with Crippen LogP contribution in [0.3, 0.4) is 0 Å². The van der Waals surface area contributed by atoms with Gasteiger partial charge in [-0.2, -0.15) is 0 Å². The average Bonchev–Trinajstić information content (AvgIpc) is 2.54. The van der Waals surface area contributed by atoms with Crippen molar-refractivity contribution in [2.75, 3.05) is 32.1 Å². The van der Waals surface area contributed by atoms with Crippen LogP contribution in [-0.4, -0.2) is 27.2 Å². The van der Waals surface area contributed by atoms with E-state index in [2.05, 4.69) is 61.2 Å². The van der Waals surface area contributed by atoms with Gasteiger partial charge in [0.1, 0.15) is 5.75 Å². The van der Waals surface area contributed by atoms with E-state index >= 15 is 0 Å². The second-order valence-electron chi connectivity index (χ2n) is 6.28. The molecule has 3 heteroatoms. The van der Waals surface area contributed by atoms with Crippen LogP contribution >= 0.6 is 0 Å². The van der Waals surface area contributed by atoms with Crippen LogP contribution in [0.1, 0.15) is 29.0 Å². The highest BCUT2D eigenvalue weighted by Gasteiger charge is 2.11. The zero-order chi connectivity index (χ0) is 16.8. The summed E-state index contributed by atoms with van der Waals surface area (Å²) < 4.78 is 6.02. The Morgan fingerprint density at radius 2 is 1.61 bits per heavy atom. The van der Waals surface area contributed by atoms with Crippen molar-refractivity contribution in [1.82, 2.24) is 0 Å². The Labute approximate surface area is 140 Å². The molecule has 0 saturated carbocycles. The minimum absolute atomic E-state index is 0.329. The van der Waals surface area contributed by atoms with Crippen LogP contribution < -0.4 is 15.4 Å². The molecule has 2 rings (SSSR count). The summed E-state index contributed by atoms with van der Waals surface area (Å²) in [5.74, 6) is 1.33. The first-order valence-electron chi connectivity index (χ1n) is 8.19. The monoisotopic (exact) mass is 312 g/mol. The molecule has 2 aromatic rings. The lowest BCUT2D eigenvalue weighted by Gasteiger charge is -2.19. The first kappa shape index (κ1) is 17.4. The van der Waals surface area contributed by atoms with Gasteiger partial charge in [-0.25, -0.2) is 0 Å². The van der Waals surface area contributed by atoms with E-state index in [4.69, 9.17) is 10.5 Å². The van der Waals surface area contributed by atoms with E-state index < -0.39 is 0 Å². The van der Waals surface area contributed by atoms with Gasteiger partial charge in [-0.1, -0.05) is 30.3 Å². The van der Waals surface area contributed by atoms with Crippen LogP contribution in [0.4, 0.5) is 5.69 Å². The number of rotatable bonds is 7. The molecule has 3 nitrogen and oxygen atoms in total. The minimum Gasteiger partial charge on any atom is -0.493 e. The quantitative estimate of drug-likeness (QED) is 0.843. The molecule has 124 valence electrons. The molecule has 0 amide bonds. The zero-order valence-electron chi connectivity index (χ0n) is 14.7. The third-order valence-corrected chi connectivity index (χ3v) is 4.29. The van der Waals surface area contributed by atoms with Gasteiger partial charge in [-0.3, -0.25) is 0 Å².